The predicted molar refractivity (Wildman–Crippen MR) is 58.9 cm³/mol. The van der Waals surface area contributed by atoms with Gasteiger partial charge in [0.25, 0.3) is 0 Å². The van der Waals surface area contributed by atoms with Crippen molar-refractivity contribution < 1.29 is 9.53 Å². The molecule has 1 rings (SSSR count). The molecule has 0 atom stereocenters. The summed E-state index contributed by atoms with van der Waals surface area (Å²) in [7, 11) is 0. The Morgan fingerprint density at radius 2 is 2.21 bits per heavy atom. The van der Waals surface area contributed by atoms with E-state index in [4.69, 9.17) is 4.74 Å². The van der Waals surface area contributed by atoms with Crippen molar-refractivity contribution in [2.24, 2.45) is 0 Å². The van der Waals surface area contributed by atoms with Crippen LogP contribution >= 0.6 is 11.3 Å². The molecule has 0 aliphatic carbocycles. The maximum atomic E-state index is 11.5. The number of aryl methyl sites for hydroxylation is 2. The lowest BCUT2D eigenvalue weighted by Crippen LogP contribution is -2.06. The van der Waals surface area contributed by atoms with E-state index in [1.54, 1.807) is 11.3 Å². The zero-order valence-corrected chi connectivity index (χ0v) is 9.53. The van der Waals surface area contributed by atoms with Gasteiger partial charge >= 0.3 is 5.97 Å². The molecule has 76 valence electrons. The molecule has 0 spiro atoms. The molecule has 0 aromatic carbocycles. The van der Waals surface area contributed by atoms with E-state index in [2.05, 4.69) is 6.58 Å². The van der Waals surface area contributed by atoms with Crippen molar-refractivity contribution in [2.75, 3.05) is 6.61 Å². The van der Waals surface area contributed by atoms with Gasteiger partial charge in [0.15, 0.2) is 0 Å². The summed E-state index contributed by atoms with van der Waals surface area (Å²) in [5.41, 5.74) is 1.52. The molecule has 0 unspecified atom stereocenters. The van der Waals surface area contributed by atoms with Crippen LogP contribution in [-0.4, -0.2) is 12.6 Å². The van der Waals surface area contributed by atoms with Gasteiger partial charge < -0.3 is 4.74 Å². The number of esters is 1. The van der Waals surface area contributed by atoms with Crippen LogP contribution in [0.4, 0.5) is 0 Å². The van der Waals surface area contributed by atoms with E-state index < -0.39 is 0 Å². The van der Waals surface area contributed by atoms with Crippen molar-refractivity contribution in [3.8, 4) is 0 Å². The third-order valence-electron chi connectivity index (χ3n) is 1.71. The largest absolute Gasteiger partial charge is 0.458 e. The SMILES string of the molecule is C=C(C)COC(=O)c1cc(C)sc1C. The Kier molecular flexibility index (Phi) is 3.47. The standard InChI is InChI=1S/C11H14O2S/c1-7(2)6-13-11(12)10-5-8(3)14-9(10)4/h5H,1,6H2,2-4H3. The second-order valence-electron chi connectivity index (χ2n) is 3.36. The molecule has 14 heavy (non-hydrogen) atoms. The third kappa shape index (κ3) is 2.70. The summed E-state index contributed by atoms with van der Waals surface area (Å²) >= 11 is 1.61. The summed E-state index contributed by atoms with van der Waals surface area (Å²) in [4.78, 5) is 13.7. The van der Waals surface area contributed by atoms with Crippen molar-refractivity contribution in [1.29, 1.82) is 0 Å². The smallest absolute Gasteiger partial charge is 0.339 e. The van der Waals surface area contributed by atoms with Gasteiger partial charge in [-0.2, -0.15) is 0 Å². The zero-order valence-electron chi connectivity index (χ0n) is 8.72. The van der Waals surface area contributed by atoms with E-state index in [9.17, 15) is 4.79 Å². The molecule has 1 heterocycles. The van der Waals surface area contributed by atoms with Gasteiger partial charge in [0, 0.05) is 9.75 Å². The van der Waals surface area contributed by atoms with E-state index in [0.29, 0.717) is 12.2 Å². The minimum atomic E-state index is -0.255. The van der Waals surface area contributed by atoms with E-state index >= 15 is 0 Å². The minimum Gasteiger partial charge on any atom is -0.458 e. The molecule has 0 fully saturated rings. The fourth-order valence-corrected chi connectivity index (χ4v) is 2.01. The summed E-state index contributed by atoms with van der Waals surface area (Å²) in [6.45, 7) is 9.71. The van der Waals surface area contributed by atoms with Gasteiger partial charge in [0.05, 0.1) is 5.56 Å². The van der Waals surface area contributed by atoms with Crippen LogP contribution in [0.1, 0.15) is 27.0 Å². The number of thiophene rings is 1. The first-order chi connectivity index (χ1) is 6.50. The number of ether oxygens (including phenoxy) is 1. The normalized spacial score (nSPS) is 9.93. The summed E-state index contributed by atoms with van der Waals surface area (Å²) in [6.07, 6.45) is 0. The van der Waals surface area contributed by atoms with Crippen LogP contribution in [0.15, 0.2) is 18.2 Å². The molecule has 0 amide bonds. The van der Waals surface area contributed by atoms with E-state index in [1.807, 2.05) is 26.8 Å². The van der Waals surface area contributed by atoms with Crippen LogP contribution in [0, 0.1) is 13.8 Å². The Hall–Kier alpha value is -1.09. The monoisotopic (exact) mass is 210 g/mol. The number of hydrogen-bond acceptors (Lipinski definition) is 3. The Morgan fingerprint density at radius 3 is 2.64 bits per heavy atom. The topological polar surface area (TPSA) is 26.3 Å². The summed E-state index contributed by atoms with van der Waals surface area (Å²) in [6, 6.07) is 1.86. The minimum absolute atomic E-state index is 0.255. The molecule has 3 heteroatoms. The van der Waals surface area contributed by atoms with Crippen LogP contribution in [0.25, 0.3) is 0 Å². The molecule has 0 radical (unpaired) electrons. The molecule has 0 saturated heterocycles. The molecule has 0 bridgehead atoms. The van der Waals surface area contributed by atoms with Crippen LogP contribution in [0.5, 0.6) is 0 Å². The van der Waals surface area contributed by atoms with Crippen molar-refractivity contribution in [2.45, 2.75) is 20.8 Å². The Balaban J connectivity index is 2.69. The maximum Gasteiger partial charge on any atom is 0.339 e. The number of hydrogen-bond donors (Lipinski definition) is 0. The van der Waals surface area contributed by atoms with Crippen LogP contribution in [0.2, 0.25) is 0 Å². The van der Waals surface area contributed by atoms with Crippen molar-refractivity contribution in [3.05, 3.63) is 33.5 Å². The second kappa shape index (κ2) is 4.42. The Morgan fingerprint density at radius 1 is 1.57 bits per heavy atom. The van der Waals surface area contributed by atoms with E-state index in [-0.39, 0.29) is 5.97 Å². The highest BCUT2D eigenvalue weighted by Gasteiger charge is 2.12. The van der Waals surface area contributed by atoms with Crippen LogP contribution in [-0.2, 0) is 4.74 Å². The third-order valence-corrected chi connectivity index (χ3v) is 2.68. The second-order valence-corrected chi connectivity index (χ2v) is 4.82. The Labute approximate surface area is 88.2 Å². The van der Waals surface area contributed by atoms with Crippen molar-refractivity contribution >= 4 is 17.3 Å². The molecular formula is C11H14O2S. The van der Waals surface area contributed by atoms with Gasteiger partial charge in [-0.05, 0) is 32.4 Å². The zero-order chi connectivity index (χ0) is 10.7. The van der Waals surface area contributed by atoms with Crippen LogP contribution in [0.3, 0.4) is 0 Å². The van der Waals surface area contributed by atoms with Crippen molar-refractivity contribution in [1.82, 2.24) is 0 Å². The molecule has 0 saturated carbocycles. The maximum absolute atomic E-state index is 11.5. The lowest BCUT2D eigenvalue weighted by atomic mass is 10.2. The highest BCUT2D eigenvalue weighted by atomic mass is 32.1. The van der Waals surface area contributed by atoms with Crippen LogP contribution < -0.4 is 0 Å². The molecular weight excluding hydrogens is 196 g/mol. The summed E-state index contributed by atoms with van der Waals surface area (Å²) < 4.78 is 5.05. The van der Waals surface area contributed by atoms with Gasteiger partial charge in [-0.3, -0.25) is 0 Å². The fraction of sp³-hybridized carbons (Fsp3) is 0.364. The molecule has 0 aliphatic rings. The lowest BCUT2D eigenvalue weighted by Gasteiger charge is -2.02. The van der Waals surface area contributed by atoms with E-state index in [1.165, 1.54) is 0 Å². The number of carbonyl (C=O) groups excluding carboxylic acids is 1. The molecule has 0 N–H and O–H groups in total. The highest BCUT2D eigenvalue weighted by Crippen LogP contribution is 2.21. The summed E-state index contributed by atoms with van der Waals surface area (Å²) in [5, 5.41) is 0. The lowest BCUT2D eigenvalue weighted by molar-refractivity contribution is 0.0540. The molecule has 1 aromatic heterocycles. The fourth-order valence-electron chi connectivity index (χ4n) is 1.10. The molecule has 1 aromatic rings. The van der Waals surface area contributed by atoms with Gasteiger partial charge in [-0.15, -0.1) is 11.3 Å². The highest BCUT2D eigenvalue weighted by molar-refractivity contribution is 7.12. The molecule has 2 nitrogen and oxygen atoms in total. The van der Waals surface area contributed by atoms with Gasteiger partial charge in [0.1, 0.15) is 6.61 Å². The number of rotatable bonds is 3. The molecule has 0 aliphatic heterocycles. The quantitative estimate of drug-likeness (QED) is 0.566. The Bertz CT molecular complexity index is 363. The predicted octanol–water partition coefficient (Wildman–Crippen LogP) is 3.10. The average molecular weight is 210 g/mol. The first-order valence-electron chi connectivity index (χ1n) is 4.39. The van der Waals surface area contributed by atoms with Gasteiger partial charge in [0.2, 0.25) is 0 Å². The van der Waals surface area contributed by atoms with Gasteiger partial charge in [-0.1, -0.05) is 6.58 Å². The van der Waals surface area contributed by atoms with E-state index in [0.717, 1.165) is 15.3 Å². The van der Waals surface area contributed by atoms with Crippen molar-refractivity contribution in [3.63, 3.8) is 0 Å². The average Bonchev–Trinajstić information content (AvgIpc) is 2.41. The van der Waals surface area contributed by atoms with Gasteiger partial charge in [-0.25, -0.2) is 4.79 Å². The first-order valence-corrected chi connectivity index (χ1v) is 5.21. The number of carbonyl (C=O) groups is 1. The summed E-state index contributed by atoms with van der Waals surface area (Å²) in [5.74, 6) is -0.255. The first kappa shape index (κ1) is 11.0.